The van der Waals surface area contributed by atoms with Crippen LogP contribution in [0, 0.1) is 0 Å². The van der Waals surface area contributed by atoms with Crippen LogP contribution in [0.1, 0.15) is 35.2 Å². The van der Waals surface area contributed by atoms with E-state index >= 15 is 0 Å². The van der Waals surface area contributed by atoms with Gasteiger partial charge in [-0.05, 0) is 29.8 Å². The SMILES string of the molecule is CCC(=O)N1[C@@H]2CN(C(=O)c3ccc4c(c3)OCO4)c3ccccc3[C@@H]2[C@@H]1CO. The van der Waals surface area contributed by atoms with Crippen molar-refractivity contribution < 1.29 is 24.2 Å². The highest BCUT2D eigenvalue weighted by atomic mass is 16.7. The van der Waals surface area contributed by atoms with Gasteiger partial charge >= 0.3 is 0 Å². The van der Waals surface area contributed by atoms with Gasteiger partial charge in [0.25, 0.3) is 5.91 Å². The van der Waals surface area contributed by atoms with E-state index in [1.807, 2.05) is 31.2 Å². The van der Waals surface area contributed by atoms with Crippen LogP contribution in [-0.4, -0.2) is 53.8 Å². The Bertz CT molecular complexity index is 991. The van der Waals surface area contributed by atoms with E-state index in [1.165, 1.54) is 0 Å². The van der Waals surface area contributed by atoms with Crippen LogP contribution in [0.25, 0.3) is 0 Å². The van der Waals surface area contributed by atoms with E-state index in [4.69, 9.17) is 9.47 Å². The van der Waals surface area contributed by atoms with Gasteiger partial charge in [0.05, 0.1) is 18.7 Å². The Kier molecular flexibility index (Phi) is 4.20. The van der Waals surface area contributed by atoms with Crippen LogP contribution in [0.4, 0.5) is 5.69 Å². The number of carbonyl (C=O) groups excluding carboxylic acids is 2. The second-order valence-corrected chi connectivity index (χ2v) is 7.54. The molecule has 3 aliphatic heterocycles. The fourth-order valence-corrected chi connectivity index (χ4v) is 4.80. The minimum Gasteiger partial charge on any atom is -0.454 e. The van der Waals surface area contributed by atoms with Gasteiger partial charge in [-0.2, -0.15) is 0 Å². The number of para-hydroxylation sites is 1. The zero-order chi connectivity index (χ0) is 20.1. The van der Waals surface area contributed by atoms with Crippen LogP contribution in [-0.2, 0) is 4.79 Å². The monoisotopic (exact) mass is 394 g/mol. The lowest BCUT2D eigenvalue weighted by Crippen LogP contribution is -2.70. The Morgan fingerprint density at radius 3 is 2.72 bits per heavy atom. The Labute approximate surface area is 168 Å². The summed E-state index contributed by atoms with van der Waals surface area (Å²) in [5.74, 6) is 1.08. The third-order valence-electron chi connectivity index (χ3n) is 6.14. The molecule has 2 aromatic rings. The summed E-state index contributed by atoms with van der Waals surface area (Å²) in [7, 11) is 0. The summed E-state index contributed by atoms with van der Waals surface area (Å²) in [6.07, 6.45) is 0.372. The molecular weight excluding hydrogens is 372 g/mol. The van der Waals surface area contributed by atoms with Crippen molar-refractivity contribution in [3.8, 4) is 11.5 Å². The molecule has 5 rings (SSSR count). The van der Waals surface area contributed by atoms with E-state index in [0.717, 1.165) is 11.3 Å². The average molecular weight is 394 g/mol. The van der Waals surface area contributed by atoms with Gasteiger partial charge in [-0.15, -0.1) is 0 Å². The lowest BCUT2D eigenvalue weighted by Gasteiger charge is -2.59. The molecule has 0 saturated carbocycles. The van der Waals surface area contributed by atoms with Crippen molar-refractivity contribution in [2.75, 3.05) is 24.8 Å². The number of nitrogens with zero attached hydrogens (tertiary/aromatic N) is 2. The van der Waals surface area contributed by atoms with Gasteiger partial charge in [0.1, 0.15) is 0 Å². The summed E-state index contributed by atoms with van der Waals surface area (Å²) >= 11 is 0. The van der Waals surface area contributed by atoms with E-state index in [0.29, 0.717) is 30.0 Å². The molecule has 29 heavy (non-hydrogen) atoms. The third kappa shape index (κ3) is 2.61. The molecule has 7 nitrogen and oxygen atoms in total. The summed E-state index contributed by atoms with van der Waals surface area (Å²) in [6, 6.07) is 12.6. The summed E-state index contributed by atoms with van der Waals surface area (Å²) in [5.41, 5.74) is 2.34. The molecule has 0 bridgehead atoms. The lowest BCUT2D eigenvalue weighted by atomic mass is 9.71. The maximum Gasteiger partial charge on any atom is 0.258 e. The topological polar surface area (TPSA) is 79.3 Å². The van der Waals surface area contributed by atoms with Crippen molar-refractivity contribution in [1.82, 2.24) is 4.90 Å². The standard InChI is InChI=1S/C22H22N2O5/c1-2-20(26)24-16-10-23(15-6-4-3-5-14(15)21(16)17(24)11-25)22(27)13-7-8-18-19(9-13)29-12-28-18/h3-9,16-17,21,25H,2,10-12H2,1H3/t16-,17+,21+/m1/s1. The first-order valence-corrected chi connectivity index (χ1v) is 9.86. The van der Waals surface area contributed by atoms with Crippen molar-refractivity contribution in [2.45, 2.75) is 31.3 Å². The predicted octanol–water partition coefficient (Wildman–Crippen LogP) is 2.14. The van der Waals surface area contributed by atoms with Gasteiger partial charge in [0.2, 0.25) is 12.7 Å². The summed E-state index contributed by atoms with van der Waals surface area (Å²) in [4.78, 5) is 29.4. The Balaban J connectivity index is 1.53. The Morgan fingerprint density at radius 2 is 1.93 bits per heavy atom. The lowest BCUT2D eigenvalue weighted by molar-refractivity contribution is -0.149. The number of hydrogen-bond acceptors (Lipinski definition) is 5. The molecule has 0 aromatic heterocycles. The molecule has 0 unspecified atom stereocenters. The van der Waals surface area contributed by atoms with Crippen molar-refractivity contribution in [2.24, 2.45) is 0 Å². The van der Waals surface area contributed by atoms with Gasteiger partial charge < -0.3 is 24.4 Å². The van der Waals surface area contributed by atoms with Crippen LogP contribution in [0.3, 0.4) is 0 Å². The van der Waals surface area contributed by atoms with Crippen LogP contribution in [0.15, 0.2) is 42.5 Å². The third-order valence-corrected chi connectivity index (χ3v) is 6.14. The van der Waals surface area contributed by atoms with Gasteiger partial charge in [-0.3, -0.25) is 9.59 Å². The fraction of sp³-hybridized carbons (Fsp3) is 0.364. The highest BCUT2D eigenvalue weighted by Gasteiger charge is 2.54. The molecule has 1 N–H and O–H groups in total. The zero-order valence-corrected chi connectivity index (χ0v) is 16.1. The number of aliphatic hydroxyl groups is 1. The number of anilines is 1. The van der Waals surface area contributed by atoms with Gasteiger partial charge in [0, 0.05) is 30.1 Å². The van der Waals surface area contributed by atoms with Gasteiger partial charge in [-0.1, -0.05) is 25.1 Å². The molecule has 1 fully saturated rings. The average Bonchev–Trinajstić information content (AvgIpc) is 3.21. The first-order valence-electron chi connectivity index (χ1n) is 9.86. The number of aliphatic hydroxyl groups excluding tert-OH is 1. The van der Waals surface area contributed by atoms with E-state index in [2.05, 4.69) is 0 Å². The summed E-state index contributed by atoms with van der Waals surface area (Å²) < 4.78 is 10.8. The summed E-state index contributed by atoms with van der Waals surface area (Å²) in [6.45, 7) is 2.28. The quantitative estimate of drug-likeness (QED) is 0.863. The number of ether oxygens (including phenoxy) is 2. The highest BCUT2D eigenvalue weighted by Crippen LogP contribution is 2.48. The van der Waals surface area contributed by atoms with Gasteiger partial charge in [-0.25, -0.2) is 0 Å². The number of benzene rings is 2. The van der Waals surface area contributed by atoms with E-state index in [-0.39, 0.29) is 43.2 Å². The molecule has 3 atom stereocenters. The molecule has 150 valence electrons. The van der Waals surface area contributed by atoms with E-state index in [9.17, 15) is 14.7 Å². The fourth-order valence-electron chi connectivity index (χ4n) is 4.80. The van der Waals surface area contributed by atoms with Crippen LogP contribution < -0.4 is 14.4 Å². The van der Waals surface area contributed by atoms with Crippen molar-refractivity contribution in [3.05, 3.63) is 53.6 Å². The molecule has 2 amide bonds. The maximum absolute atomic E-state index is 13.4. The molecule has 1 saturated heterocycles. The number of amides is 2. The minimum atomic E-state index is -0.239. The largest absolute Gasteiger partial charge is 0.454 e. The van der Waals surface area contributed by atoms with Crippen molar-refractivity contribution >= 4 is 17.5 Å². The predicted molar refractivity (Wildman–Crippen MR) is 105 cm³/mol. The number of hydrogen-bond donors (Lipinski definition) is 1. The summed E-state index contributed by atoms with van der Waals surface area (Å²) in [5, 5.41) is 9.91. The van der Waals surface area contributed by atoms with Crippen molar-refractivity contribution in [3.63, 3.8) is 0 Å². The number of rotatable bonds is 3. The molecule has 0 spiro atoms. The Morgan fingerprint density at radius 1 is 1.14 bits per heavy atom. The molecular formula is C22H22N2O5. The smallest absolute Gasteiger partial charge is 0.258 e. The van der Waals surface area contributed by atoms with E-state index < -0.39 is 0 Å². The van der Waals surface area contributed by atoms with Crippen LogP contribution >= 0.6 is 0 Å². The minimum absolute atomic E-state index is 0.000148. The molecule has 3 heterocycles. The number of carbonyl (C=O) groups is 2. The zero-order valence-electron chi connectivity index (χ0n) is 16.1. The molecule has 3 aliphatic rings. The molecule has 0 radical (unpaired) electrons. The van der Waals surface area contributed by atoms with Gasteiger partial charge in [0.15, 0.2) is 11.5 Å². The first kappa shape index (κ1) is 18.0. The maximum atomic E-state index is 13.4. The molecule has 2 aromatic carbocycles. The number of fused-ring (bicyclic) bond motifs is 4. The first-order chi connectivity index (χ1) is 14.1. The van der Waals surface area contributed by atoms with Crippen molar-refractivity contribution in [1.29, 1.82) is 0 Å². The normalized spacial score (nSPS) is 23.9. The van der Waals surface area contributed by atoms with Crippen LogP contribution in [0.2, 0.25) is 0 Å². The van der Waals surface area contributed by atoms with Crippen LogP contribution in [0.5, 0.6) is 11.5 Å². The molecule has 0 aliphatic carbocycles. The number of likely N-dealkylation sites (tertiary alicyclic amines) is 1. The molecule has 7 heteroatoms. The second-order valence-electron chi connectivity index (χ2n) is 7.54. The highest BCUT2D eigenvalue weighted by molar-refractivity contribution is 6.07. The van der Waals surface area contributed by atoms with E-state index in [1.54, 1.807) is 28.0 Å². The second kappa shape index (κ2) is 6.77. The Hall–Kier alpha value is -3.06.